The van der Waals surface area contributed by atoms with Crippen LogP contribution in [0.4, 0.5) is 0 Å². The molecule has 1 aliphatic heterocycles. The largest absolute Gasteiger partial charge is 0.496 e. The molecule has 1 aromatic rings. The number of halogens is 3. The Morgan fingerprint density at radius 1 is 1.41 bits per heavy atom. The number of rotatable bonds is 5. The summed E-state index contributed by atoms with van der Waals surface area (Å²) in [5.41, 5.74) is 0.411. The SMILES string of the molecule is COc1cc(Cl)c(Cl)cc1C(=O)NCCC1CCCNC1.Cl. The highest BCUT2D eigenvalue weighted by molar-refractivity contribution is 6.42. The number of benzene rings is 1. The normalized spacial score (nSPS) is 17.5. The van der Waals surface area contributed by atoms with Gasteiger partial charge >= 0.3 is 0 Å². The van der Waals surface area contributed by atoms with Crippen molar-refractivity contribution in [3.8, 4) is 5.75 Å². The minimum absolute atomic E-state index is 0. The predicted octanol–water partition coefficient (Wildman–Crippen LogP) is 3.54. The summed E-state index contributed by atoms with van der Waals surface area (Å²) in [5, 5.41) is 7.01. The molecule has 1 saturated heterocycles. The van der Waals surface area contributed by atoms with Gasteiger partial charge in [-0.25, -0.2) is 0 Å². The van der Waals surface area contributed by atoms with E-state index in [9.17, 15) is 4.79 Å². The summed E-state index contributed by atoms with van der Waals surface area (Å²) >= 11 is 11.9. The highest BCUT2D eigenvalue weighted by Crippen LogP contribution is 2.30. The maximum absolute atomic E-state index is 12.2. The van der Waals surface area contributed by atoms with Crippen LogP contribution in [0.3, 0.4) is 0 Å². The number of nitrogens with one attached hydrogen (secondary N) is 2. The first-order valence-electron chi connectivity index (χ1n) is 7.13. The van der Waals surface area contributed by atoms with Crippen molar-refractivity contribution in [3.63, 3.8) is 0 Å². The average Bonchev–Trinajstić information content (AvgIpc) is 2.50. The van der Waals surface area contributed by atoms with E-state index in [1.165, 1.54) is 20.0 Å². The van der Waals surface area contributed by atoms with Gasteiger partial charge in [0.2, 0.25) is 0 Å². The lowest BCUT2D eigenvalue weighted by Crippen LogP contribution is -2.33. The molecule has 1 aromatic carbocycles. The van der Waals surface area contributed by atoms with Gasteiger partial charge in [0.15, 0.2) is 0 Å². The fourth-order valence-corrected chi connectivity index (χ4v) is 2.85. The summed E-state index contributed by atoms with van der Waals surface area (Å²) < 4.78 is 5.18. The van der Waals surface area contributed by atoms with Gasteiger partial charge in [-0.3, -0.25) is 4.79 Å². The lowest BCUT2D eigenvalue weighted by Gasteiger charge is -2.22. The number of piperidine rings is 1. The highest BCUT2D eigenvalue weighted by Gasteiger charge is 2.16. The van der Waals surface area contributed by atoms with Crippen molar-refractivity contribution in [2.75, 3.05) is 26.7 Å². The van der Waals surface area contributed by atoms with Crippen molar-refractivity contribution in [1.29, 1.82) is 0 Å². The second-order valence-electron chi connectivity index (χ2n) is 5.22. The number of carbonyl (C=O) groups excluding carboxylic acids is 1. The van der Waals surface area contributed by atoms with Gasteiger partial charge in [0.25, 0.3) is 5.91 Å². The van der Waals surface area contributed by atoms with E-state index in [1.807, 2.05) is 0 Å². The molecule has 2 rings (SSSR count). The van der Waals surface area contributed by atoms with Gasteiger partial charge in [-0.1, -0.05) is 23.2 Å². The standard InChI is InChI=1S/C15H20Cl2N2O2.ClH/c1-21-14-8-13(17)12(16)7-11(14)15(20)19-6-4-10-3-2-5-18-9-10;/h7-8,10,18H,2-6,9H2,1H3,(H,19,20);1H. The van der Waals surface area contributed by atoms with Gasteiger partial charge in [-0.15, -0.1) is 12.4 Å². The third kappa shape index (κ3) is 5.20. The van der Waals surface area contributed by atoms with E-state index in [-0.39, 0.29) is 18.3 Å². The van der Waals surface area contributed by atoms with Crippen LogP contribution < -0.4 is 15.4 Å². The van der Waals surface area contributed by atoms with Crippen LogP contribution >= 0.6 is 35.6 Å². The first kappa shape index (κ1) is 19.4. The lowest BCUT2D eigenvalue weighted by molar-refractivity contribution is 0.0947. The van der Waals surface area contributed by atoms with Gasteiger partial charge in [0, 0.05) is 12.6 Å². The molecule has 0 saturated carbocycles. The fourth-order valence-electron chi connectivity index (χ4n) is 2.53. The molecule has 124 valence electrons. The molecule has 1 atom stereocenters. The Hall–Kier alpha value is -0.680. The molecule has 1 fully saturated rings. The summed E-state index contributed by atoms with van der Waals surface area (Å²) in [6, 6.07) is 3.10. The molecule has 1 heterocycles. The van der Waals surface area contributed by atoms with Crippen molar-refractivity contribution < 1.29 is 9.53 Å². The molecule has 0 bridgehead atoms. The highest BCUT2D eigenvalue weighted by atomic mass is 35.5. The van der Waals surface area contributed by atoms with Gasteiger partial charge in [0.05, 0.1) is 22.7 Å². The van der Waals surface area contributed by atoms with E-state index in [0.29, 0.717) is 33.8 Å². The average molecular weight is 368 g/mol. The zero-order valence-corrected chi connectivity index (χ0v) is 14.8. The third-order valence-electron chi connectivity index (χ3n) is 3.72. The van der Waals surface area contributed by atoms with E-state index in [0.717, 1.165) is 19.5 Å². The summed E-state index contributed by atoms with van der Waals surface area (Å²) in [7, 11) is 1.50. The molecule has 0 spiro atoms. The molecule has 4 nitrogen and oxygen atoms in total. The van der Waals surface area contributed by atoms with E-state index >= 15 is 0 Å². The summed E-state index contributed by atoms with van der Waals surface area (Å²) in [5.74, 6) is 0.880. The van der Waals surface area contributed by atoms with E-state index < -0.39 is 0 Å². The maximum atomic E-state index is 12.2. The third-order valence-corrected chi connectivity index (χ3v) is 4.45. The first-order valence-corrected chi connectivity index (χ1v) is 7.89. The summed E-state index contributed by atoms with van der Waals surface area (Å²) in [4.78, 5) is 12.2. The monoisotopic (exact) mass is 366 g/mol. The van der Waals surface area contributed by atoms with E-state index in [2.05, 4.69) is 10.6 Å². The van der Waals surface area contributed by atoms with Crippen LogP contribution in [0.1, 0.15) is 29.6 Å². The number of amides is 1. The van der Waals surface area contributed by atoms with Crippen LogP contribution in [0, 0.1) is 5.92 Å². The van der Waals surface area contributed by atoms with Crippen molar-refractivity contribution >= 4 is 41.5 Å². The zero-order valence-electron chi connectivity index (χ0n) is 12.5. The quantitative estimate of drug-likeness (QED) is 0.837. The number of carbonyl (C=O) groups is 1. The Morgan fingerprint density at radius 3 is 2.77 bits per heavy atom. The van der Waals surface area contributed by atoms with Crippen LogP contribution in [0.2, 0.25) is 10.0 Å². The Balaban J connectivity index is 0.00000242. The second-order valence-corrected chi connectivity index (χ2v) is 6.04. The lowest BCUT2D eigenvalue weighted by atomic mass is 9.96. The Morgan fingerprint density at radius 2 is 2.14 bits per heavy atom. The van der Waals surface area contributed by atoms with Gasteiger partial charge < -0.3 is 15.4 Å². The molecule has 7 heteroatoms. The minimum Gasteiger partial charge on any atom is -0.496 e. The molecule has 1 aliphatic rings. The number of ether oxygens (including phenoxy) is 1. The molecule has 2 N–H and O–H groups in total. The van der Waals surface area contributed by atoms with Crippen molar-refractivity contribution in [1.82, 2.24) is 10.6 Å². The molecule has 22 heavy (non-hydrogen) atoms. The van der Waals surface area contributed by atoms with Crippen molar-refractivity contribution in [2.24, 2.45) is 5.92 Å². The van der Waals surface area contributed by atoms with Gasteiger partial charge in [0.1, 0.15) is 5.75 Å². The van der Waals surface area contributed by atoms with Gasteiger partial charge in [-0.2, -0.15) is 0 Å². The van der Waals surface area contributed by atoms with E-state index in [1.54, 1.807) is 12.1 Å². The molecule has 1 amide bonds. The summed E-state index contributed by atoms with van der Waals surface area (Å²) in [6.07, 6.45) is 3.40. The predicted molar refractivity (Wildman–Crippen MR) is 92.8 cm³/mol. The molecular weight excluding hydrogens is 347 g/mol. The minimum atomic E-state index is -0.186. The van der Waals surface area contributed by atoms with Gasteiger partial charge in [-0.05, 0) is 44.3 Å². The Kier molecular flexibility index (Phi) is 8.33. The number of methoxy groups -OCH3 is 1. The summed E-state index contributed by atoms with van der Waals surface area (Å²) in [6.45, 7) is 2.78. The molecule has 0 aliphatic carbocycles. The van der Waals surface area contributed by atoms with Crippen LogP contribution in [-0.2, 0) is 0 Å². The van der Waals surface area contributed by atoms with Crippen LogP contribution in [0.15, 0.2) is 12.1 Å². The second kappa shape index (κ2) is 9.46. The number of hydrogen-bond acceptors (Lipinski definition) is 3. The smallest absolute Gasteiger partial charge is 0.255 e. The van der Waals surface area contributed by atoms with Crippen LogP contribution in [0.25, 0.3) is 0 Å². The Labute approximate surface area is 147 Å². The molecule has 1 unspecified atom stereocenters. The maximum Gasteiger partial charge on any atom is 0.255 e. The Bertz CT molecular complexity index is 506. The first-order chi connectivity index (χ1) is 10.1. The molecule has 0 aromatic heterocycles. The molecule has 0 radical (unpaired) electrons. The van der Waals surface area contributed by atoms with E-state index in [4.69, 9.17) is 27.9 Å². The molecular formula is C15H21Cl3N2O2. The zero-order chi connectivity index (χ0) is 15.2. The van der Waals surface area contributed by atoms with Crippen LogP contribution in [0.5, 0.6) is 5.75 Å². The van der Waals surface area contributed by atoms with Crippen molar-refractivity contribution in [3.05, 3.63) is 27.7 Å². The van der Waals surface area contributed by atoms with Crippen LogP contribution in [-0.4, -0.2) is 32.7 Å². The fraction of sp³-hybridized carbons (Fsp3) is 0.533. The number of hydrogen-bond donors (Lipinski definition) is 2. The van der Waals surface area contributed by atoms with Crippen molar-refractivity contribution in [2.45, 2.75) is 19.3 Å². The topological polar surface area (TPSA) is 50.4 Å².